The monoisotopic (exact) mass is 859 g/mol. The van der Waals surface area contributed by atoms with Crippen molar-refractivity contribution in [2.75, 3.05) is 99.1 Å². The van der Waals surface area contributed by atoms with Gasteiger partial charge in [-0.15, -0.1) is 23.7 Å². The van der Waals surface area contributed by atoms with Gasteiger partial charge in [0.25, 0.3) is 10.1 Å². The zero-order chi connectivity index (χ0) is 40.4. The fraction of sp³-hybridized carbons (Fsp3) is 0.333. The van der Waals surface area contributed by atoms with Crippen LogP contribution >= 0.6 is 23.7 Å². The van der Waals surface area contributed by atoms with Gasteiger partial charge in [-0.05, 0) is 78.7 Å². The van der Waals surface area contributed by atoms with Crippen molar-refractivity contribution in [3.8, 4) is 10.6 Å². The van der Waals surface area contributed by atoms with Crippen molar-refractivity contribution >= 4 is 90.9 Å². The lowest BCUT2D eigenvalue weighted by atomic mass is 9.94. The molecule has 17 nitrogen and oxygen atoms in total. The SMILES string of the molecule is Cc1ccc2nc(-c3ccc(N/N=C4\C(=O)c5ccc(Nc6nc(N7CCN(CCN)CC7)nc(N7CCN(CCN)CC7)n6)cc5C=C4S(=O)(=O)O)cc3)sc2c1.Cl. The lowest BCUT2D eigenvalue weighted by Crippen LogP contribution is -2.49. The van der Waals surface area contributed by atoms with Crippen molar-refractivity contribution in [3.05, 3.63) is 82.3 Å². The molecule has 2 aliphatic heterocycles. The maximum absolute atomic E-state index is 13.8. The molecule has 0 spiro atoms. The zero-order valence-electron chi connectivity index (χ0n) is 32.4. The maximum Gasteiger partial charge on any atom is 0.296 e. The van der Waals surface area contributed by atoms with Gasteiger partial charge in [-0.25, -0.2) is 4.98 Å². The fourth-order valence-corrected chi connectivity index (χ4v) is 8.94. The molecule has 0 atom stereocenters. The number of rotatable bonds is 12. The zero-order valence-corrected chi connectivity index (χ0v) is 34.9. The van der Waals surface area contributed by atoms with Crippen LogP contribution in [0.15, 0.2) is 70.7 Å². The highest BCUT2D eigenvalue weighted by Crippen LogP contribution is 2.33. The summed E-state index contributed by atoms with van der Waals surface area (Å²) in [6, 6.07) is 18.3. The molecule has 3 aliphatic rings. The van der Waals surface area contributed by atoms with Crippen molar-refractivity contribution in [1.29, 1.82) is 0 Å². The molecule has 3 aromatic carbocycles. The van der Waals surface area contributed by atoms with Gasteiger partial charge in [-0.2, -0.15) is 28.5 Å². The number of ketones is 1. The topological polar surface area (TPSA) is 224 Å². The minimum atomic E-state index is -4.86. The van der Waals surface area contributed by atoms with Gasteiger partial charge in [-0.1, -0.05) is 6.07 Å². The molecular weight excluding hydrogens is 814 g/mol. The molecule has 0 saturated carbocycles. The van der Waals surface area contributed by atoms with Crippen LogP contribution in [0.25, 0.3) is 26.9 Å². The highest BCUT2D eigenvalue weighted by atomic mass is 35.5. The lowest BCUT2D eigenvalue weighted by Gasteiger charge is -2.36. The second kappa shape index (κ2) is 18.0. The molecule has 2 fully saturated rings. The van der Waals surface area contributed by atoms with Gasteiger partial charge in [0.05, 0.1) is 15.9 Å². The van der Waals surface area contributed by atoms with Gasteiger partial charge in [0.1, 0.15) is 9.91 Å². The van der Waals surface area contributed by atoms with E-state index in [1.54, 1.807) is 41.7 Å². The summed E-state index contributed by atoms with van der Waals surface area (Å²) < 4.78 is 36.7. The molecule has 7 N–H and O–H groups in total. The van der Waals surface area contributed by atoms with Crippen molar-refractivity contribution in [1.82, 2.24) is 29.7 Å². The third kappa shape index (κ3) is 9.53. The average Bonchev–Trinajstić information content (AvgIpc) is 3.64. The smallest absolute Gasteiger partial charge is 0.296 e. The van der Waals surface area contributed by atoms with E-state index in [0.29, 0.717) is 42.3 Å². The first-order valence-electron chi connectivity index (χ1n) is 19.1. The van der Waals surface area contributed by atoms with Crippen molar-refractivity contribution in [3.63, 3.8) is 0 Å². The van der Waals surface area contributed by atoms with Crippen LogP contribution in [0.1, 0.15) is 21.5 Å². The molecule has 5 aromatic rings. The van der Waals surface area contributed by atoms with Crippen molar-refractivity contribution in [2.45, 2.75) is 6.92 Å². The van der Waals surface area contributed by atoms with E-state index in [0.717, 1.165) is 91.8 Å². The normalized spacial score (nSPS) is 17.2. The summed E-state index contributed by atoms with van der Waals surface area (Å²) >= 11 is 1.59. The molecule has 0 unspecified atom stereocenters. The number of anilines is 5. The highest BCUT2D eigenvalue weighted by Gasteiger charge is 2.33. The Labute approximate surface area is 352 Å². The van der Waals surface area contributed by atoms with Gasteiger partial charge >= 0.3 is 0 Å². The van der Waals surface area contributed by atoms with Crippen LogP contribution in [-0.2, 0) is 10.1 Å². The summed E-state index contributed by atoms with van der Waals surface area (Å²) in [4.78, 5) is 41.3. The van der Waals surface area contributed by atoms with Gasteiger partial charge < -0.3 is 26.6 Å². The maximum atomic E-state index is 13.8. The Kier molecular flexibility index (Phi) is 12.8. The van der Waals surface area contributed by atoms with E-state index < -0.39 is 26.5 Å². The van der Waals surface area contributed by atoms with E-state index in [-0.39, 0.29) is 23.5 Å². The Balaban J connectivity index is 0.00000528. The molecular formula is C39H46ClN13O4S2. The van der Waals surface area contributed by atoms with Crippen LogP contribution in [0.5, 0.6) is 0 Å². The first-order chi connectivity index (χ1) is 28.0. The van der Waals surface area contributed by atoms with Crippen LogP contribution < -0.4 is 32.0 Å². The summed E-state index contributed by atoms with van der Waals surface area (Å²) in [5.74, 6) is 0.713. The number of carbonyl (C=O) groups excluding carboxylic acids is 1. The summed E-state index contributed by atoms with van der Waals surface area (Å²) in [7, 11) is -4.86. The Morgan fingerprint density at radius 3 is 2.00 bits per heavy atom. The molecule has 8 rings (SSSR count). The number of piperazine rings is 2. The van der Waals surface area contributed by atoms with Gasteiger partial charge in [0.2, 0.25) is 23.6 Å². The predicted octanol–water partition coefficient (Wildman–Crippen LogP) is 3.68. The Morgan fingerprint density at radius 2 is 1.41 bits per heavy atom. The van der Waals surface area contributed by atoms with Crippen LogP contribution in [0, 0.1) is 6.92 Å². The van der Waals surface area contributed by atoms with E-state index in [1.807, 2.05) is 31.2 Å². The Bertz CT molecular complexity index is 2460. The Morgan fingerprint density at radius 1 is 0.797 bits per heavy atom. The Hall–Kier alpha value is -5.12. The van der Waals surface area contributed by atoms with Crippen LogP contribution in [-0.4, -0.2) is 133 Å². The third-order valence-corrected chi connectivity index (χ3v) is 12.3. The molecule has 2 aromatic heterocycles. The lowest BCUT2D eigenvalue weighted by molar-refractivity contribution is 0.106. The number of halogens is 1. The third-order valence-electron chi connectivity index (χ3n) is 10.4. The summed E-state index contributed by atoms with van der Waals surface area (Å²) in [5, 5.41) is 8.29. The van der Waals surface area contributed by atoms with Crippen molar-refractivity contribution in [2.24, 2.45) is 16.6 Å². The molecule has 0 radical (unpaired) electrons. The molecule has 4 heterocycles. The minimum absolute atomic E-state index is 0. The number of Topliss-reactive ketones (excluding diaryl/α,β-unsaturated/α-hetero) is 1. The van der Waals surface area contributed by atoms with E-state index in [9.17, 15) is 17.8 Å². The van der Waals surface area contributed by atoms with Crippen LogP contribution in [0.3, 0.4) is 0 Å². The molecule has 310 valence electrons. The van der Waals surface area contributed by atoms with Gasteiger partial charge in [-0.3, -0.25) is 24.6 Å². The summed E-state index contributed by atoms with van der Waals surface area (Å²) in [6.07, 6.45) is 1.24. The number of aryl methyl sites for hydroxylation is 1. The first-order valence-corrected chi connectivity index (χ1v) is 21.4. The van der Waals surface area contributed by atoms with E-state index in [4.69, 9.17) is 31.4 Å². The number of fused-ring (bicyclic) bond motifs is 2. The van der Waals surface area contributed by atoms with E-state index in [1.165, 1.54) is 6.08 Å². The molecule has 1 aliphatic carbocycles. The number of nitrogens with zero attached hydrogens (tertiary/aromatic N) is 9. The number of benzene rings is 3. The minimum Gasteiger partial charge on any atom is -0.338 e. The summed E-state index contributed by atoms with van der Waals surface area (Å²) in [6.45, 7) is 11.1. The predicted molar refractivity (Wildman–Crippen MR) is 237 cm³/mol. The number of aromatic nitrogens is 4. The van der Waals surface area contributed by atoms with Crippen LogP contribution in [0.2, 0.25) is 0 Å². The quantitative estimate of drug-likeness (QED) is 0.0892. The van der Waals surface area contributed by atoms with Crippen LogP contribution in [0.4, 0.5) is 29.2 Å². The van der Waals surface area contributed by atoms with Gasteiger partial charge in [0.15, 0.2) is 5.71 Å². The second-order valence-corrected chi connectivity index (χ2v) is 16.8. The van der Waals surface area contributed by atoms with E-state index in [2.05, 4.69) is 41.5 Å². The largest absolute Gasteiger partial charge is 0.338 e. The number of carbonyl (C=O) groups is 1. The molecule has 59 heavy (non-hydrogen) atoms. The number of hydrogen-bond donors (Lipinski definition) is 5. The number of thiazole rings is 1. The first kappa shape index (κ1) is 42.0. The highest BCUT2D eigenvalue weighted by molar-refractivity contribution is 7.91. The number of hydrazone groups is 1. The molecule has 0 amide bonds. The standard InChI is InChI=1S/C39H45N13O4S2.ClH/c1-25-2-9-31-32(22-25)57-36(43-31)26-3-5-28(6-4-26)47-48-34-33(58(54,55)56)24-27-23-29(7-8-30(27)35(34)53)42-37-44-38(51-18-14-49(12-10-40)15-19-51)46-39(45-37)52-20-16-50(13-11-41)17-21-52;/h2-9,22-24,47H,10-21,40-41H2,1H3,(H,54,55,56)(H,42,44,45,46);1H/b48-34-;. The average molecular weight is 860 g/mol. The van der Waals surface area contributed by atoms with Crippen molar-refractivity contribution < 1.29 is 17.8 Å². The number of allylic oxidation sites excluding steroid dienone is 1. The number of nitrogens with one attached hydrogen (secondary N) is 2. The number of nitrogens with two attached hydrogens (primary N) is 2. The second-order valence-electron chi connectivity index (χ2n) is 14.4. The van der Waals surface area contributed by atoms with E-state index >= 15 is 0 Å². The molecule has 2 saturated heterocycles. The van der Waals surface area contributed by atoms with Gasteiger partial charge in [0, 0.05) is 95.4 Å². The molecule has 0 bridgehead atoms. The number of hydrogen-bond acceptors (Lipinski definition) is 17. The fourth-order valence-electron chi connectivity index (χ4n) is 7.21. The molecule has 20 heteroatoms. The summed E-state index contributed by atoms with van der Waals surface area (Å²) in [5.41, 5.74) is 18.4.